The Balaban J connectivity index is 2.17. The molecule has 25 heavy (non-hydrogen) atoms. The van der Waals surface area contributed by atoms with Crippen LogP contribution in [0.15, 0.2) is 10.6 Å². The van der Waals surface area contributed by atoms with E-state index in [9.17, 15) is 26.7 Å². The molecule has 0 radical (unpaired) electrons. The van der Waals surface area contributed by atoms with Gasteiger partial charge in [0.05, 0.1) is 12.7 Å². The van der Waals surface area contributed by atoms with Gasteiger partial charge in [-0.1, -0.05) is 6.92 Å². The lowest BCUT2D eigenvalue weighted by molar-refractivity contribution is 0.0672. The average Bonchev–Trinajstić information content (AvgIpc) is 3.08. The molecule has 0 aliphatic carbocycles. The van der Waals surface area contributed by atoms with E-state index in [1.54, 1.807) is 6.92 Å². The second kappa shape index (κ2) is 7.47. The minimum absolute atomic E-state index is 0.0230. The van der Waals surface area contributed by atoms with Gasteiger partial charge < -0.3 is 19.1 Å². The van der Waals surface area contributed by atoms with Crippen LogP contribution in [0.3, 0.4) is 0 Å². The number of benzene rings is 1. The number of rotatable bonds is 6. The van der Waals surface area contributed by atoms with Crippen molar-refractivity contribution in [3.05, 3.63) is 40.9 Å². The fourth-order valence-electron chi connectivity index (χ4n) is 1.52. The van der Waals surface area contributed by atoms with E-state index in [2.05, 4.69) is 14.4 Å². The quantitative estimate of drug-likeness (QED) is 0.278. The molecule has 0 saturated heterocycles. The van der Waals surface area contributed by atoms with Crippen LogP contribution in [-0.4, -0.2) is 29.4 Å². The summed E-state index contributed by atoms with van der Waals surface area (Å²) in [6.07, 6.45) is 0. The predicted octanol–water partition coefficient (Wildman–Crippen LogP) is 2.60. The molecule has 0 aliphatic heterocycles. The summed E-state index contributed by atoms with van der Waals surface area (Å²) in [6.45, 7) is 1.50. The minimum atomic E-state index is -2.39. The number of hydrogen-bond donors (Lipinski definition) is 1. The summed E-state index contributed by atoms with van der Waals surface area (Å²) >= 11 is 0. The monoisotopic (exact) mass is 367 g/mol. The SMILES string of the molecule is C[C@@H](CO)COc1cc(C(=O)Oc2c(F)c(F)c(F)c(F)c2F)on1. The number of nitrogens with zero attached hydrogens (tertiary/aromatic N) is 1. The van der Waals surface area contributed by atoms with E-state index in [0.29, 0.717) is 0 Å². The van der Waals surface area contributed by atoms with Crippen LogP contribution in [0.1, 0.15) is 17.5 Å². The molecule has 0 aliphatic rings. The molecule has 6 nitrogen and oxygen atoms in total. The van der Waals surface area contributed by atoms with Gasteiger partial charge in [0.1, 0.15) is 0 Å². The number of carbonyl (C=O) groups is 1. The fraction of sp³-hybridized carbons (Fsp3) is 0.286. The summed E-state index contributed by atoms with van der Waals surface area (Å²) < 4.78 is 79.6. The molecule has 1 N–H and O–H groups in total. The van der Waals surface area contributed by atoms with Crippen molar-refractivity contribution in [3.63, 3.8) is 0 Å². The van der Waals surface area contributed by atoms with E-state index in [-0.39, 0.29) is 25.0 Å². The molecule has 2 aromatic rings. The minimum Gasteiger partial charge on any atom is -0.475 e. The van der Waals surface area contributed by atoms with Gasteiger partial charge >= 0.3 is 5.97 Å². The summed E-state index contributed by atoms with van der Waals surface area (Å²) in [5.74, 6) is -16.0. The van der Waals surface area contributed by atoms with E-state index in [0.717, 1.165) is 6.07 Å². The summed E-state index contributed by atoms with van der Waals surface area (Å²) in [5.41, 5.74) is 0. The maximum absolute atomic E-state index is 13.4. The van der Waals surface area contributed by atoms with Crippen molar-refractivity contribution in [1.82, 2.24) is 5.16 Å². The Hall–Kier alpha value is -2.69. The summed E-state index contributed by atoms with van der Waals surface area (Å²) in [7, 11) is 0. The zero-order valence-electron chi connectivity index (χ0n) is 12.5. The smallest absolute Gasteiger partial charge is 0.382 e. The van der Waals surface area contributed by atoms with Crippen LogP contribution in [0.2, 0.25) is 0 Å². The van der Waals surface area contributed by atoms with Crippen LogP contribution in [0.25, 0.3) is 0 Å². The van der Waals surface area contributed by atoms with Gasteiger partial charge in [-0.05, 0) is 5.16 Å². The molecule has 0 saturated carbocycles. The maximum atomic E-state index is 13.4. The van der Waals surface area contributed by atoms with Gasteiger partial charge in [-0.25, -0.2) is 18.0 Å². The van der Waals surface area contributed by atoms with Crippen LogP contribution in [0.5, 0.6) is 11.6 Å². The van der Waals surface area contributed by atoms with Crippen molar-refractivity contribution in [2.45, 2.75) is 6.92 Å². The summed E-state index contributed by atoms with van der Waals surface area (Å²) in [6, 6.07) is 0.887. The Morgan fingerprint density at radius 2 is 1.72 bits per heavy atom. The van der Waals surface area contributed by atoms with Gasteiger partial charge in [0, 0.05) is 12.5 Å². The van der Waals surface area contributed by atoms with E-state index in [1.807, 2.05) is 0 Å². The molecular weight excluding hydrogens is 357 g/mol. The Kier molecular flexibility index (Phi) is 5.57. The Bertz CT molecular complexity index is 765. The number of aromatic nitrogens is 1. The lowest BCUT2D eigenvalue weighted by Crippen LogP contribution is -2.13. The van der Waals surface area contributed by atoms with Gasteiger partial charge in [0.25, 0.3) is 5.88 Å². The van der Waals surface area contributed by atoms with E-state index < -0.39 is 46.6 Å². The van der Waals surface area contributed by atoms with Crippen molar-refractivity contribution in [2.24, 2.45) is 5.92 Å². The standard InChI is InChI=1S/C14H10F5NO5/c1-5(3-21)4-23-7-2-6(25-20-7)14(22)24-13-11(18)9(16)8(15)10(17)12(13)19/h2,5,21H,3-4H2,1H3/t5-/m0/s1. The molecule has 0 unspecified atom stereocenters. The van der Waals surface area contributed by atoms with Crippen LogP contribution in [-0.2, 0) is 0 Å². The molecule has 1 aromatic heterocycles. The van der Waals surface area contributed by atoms with Crippen LogP contribution in [0.4, 0.5) is 22.0 Å². The topological polar surface area (TPSA) is 81.8 Å². The molecule has 136 valence electrons. The number of carbonyl (C=O) groups excluding carboxylic acids is 1. The lowest BCUT2D eigenvalue weighted by atomic mass is 10.2. The highest BCUT2D eigenvalue weighted by Crippen LogP contribution is 2.30. The molecule has 11 heteroatoms. The third kappa shape index (κ3) is 3.87. The normalized spacial score (nSPS) is 12.1. The number of esters is 1. The Labute approximate surface area is 136 Å². The molecule has 1 heterocycles. The molecule has 1 aromatic carbocycles. The predicted molar refractivity (Wildman–Crippen MR) is 69.4 cm³/mol. The summed E-state index contributed by atoms with van der Waals surface area (Å²) in [4.78, 5) is 11.7. The summed E-state index contributed by atoms with van der Waals surface area (Å²) in [5, 5.41) is 12.1. The maximum Gasteiger partial charge on any atom is 0.382 e. The lowest BCUT2D eigenvalue weighted by Gasteiger charge is -2.07. The first-order chi connectivity index (χ1) is 11.8. The first-order valence-electron chi connectivity index (χ1n) is 6.70. The number of hydrogen-bond acceptors (Lipinski definition) is 6. The molecule has 0 amide bonds. The van der Waals surface area contributed by atoms with Gasteiger partial charge in [-0.3, -0.25) is 0 Å². The van der Waals surface area contributed by atoms with Gasteiger partial charge in [-0.2, -0.15) is 8.78 Å². The second-order valence-electron chi connectivity index (χ2n) is 4.92. The van der Waals surface area contributed by atoms with E-state index in [1.165, 1.54) is 0 Å². The Morgan fingerprint density at radius 1 is 1.16 bits per heavy atom. The first kappa shape index (κ1) is 18.6. The molecule has 0 spiro atoms. The van der Waals surface area contributed by atoms with Crippen molar-refractivity contribution < 1.29 is 45.8 Å². The molecule has 0 fully saturated rings. The largest absolute Gasteiger partial charge is 0.475 e. The highest BCUT2D eigenvalue weighted by atomic mass is 19.2. The first-order valence-corrected chi connectivity index (χ1v) is 6.70. The molecule has 1 atom stereocenters. The number of aliphatic hydroxyl groups excluding tert-OH is 1. The number of halogens is 5. The molecular formula is C14H10F5NO5. The van der Waals surface area contributed by atoms with Gasteiger partial charge in [0.15, 0.2) is 0 Å². The van der Waals surface area contributed by atoms with Crippen LogP contribution < -0.4 is 9.47 Å². The third-order valence-electron chi connectivity index (χ3n) is 2.88. The van der Waals surface area contributed by atoms with Crippen molar-refractivity contribution in [1.29, 1.82) is 0 Å². The third-order valence-corrected chi connectivity index (χ3v) is 2.88. The van der Waals surface area contributed by atoms with E-state index in [4.69, 9.17) is 9.84 Å². The molecule has 2 rings (SSSR count). The highest BCUT2D eigenvalue weighted by Gasteiger charge is 2.30. The number of ether oxygens (including phenoxy) is 2. The fourth-order valence-corrected chi connectivity index (χ4v) is 1.52. The van der Waals surface area contributed by atoms with Crippen LogP contribution >= 0.6 is 0 Å². The zero-order chi connectivity index (χ0) is 18.7. The average molecular weight is 367 g/mol. The van der Waals surface area contributed by atoms with E-state index >= 15 is 0 Å². The van der Waals surface area contributed by atoms with Crippen molar-refractivity contribution in [3.8, 4) is 11.6 Å². The van der Waals surface area contributed by atoms with Crippen molar-refractivity contribution >= 4 is 5.97 Å². The Morgan fingerprint density at radius 3 is 2.28 bits per heavy atom. The number of aliphatic hydroxyl groups is 1. The van der Waals surface area contributed by atoms with Gasteiger partial charge in [-0.15, -0.1) is 0 Å². The highest BCUT2D eigenvalue weighted by molar-refractivity contribution is 5.88. The van der Waals surface area contributed by atoms with Crippen LogP contribution in [0, 0.1) is 35.0 Å². The van der Waals surface area contributed by atoms with Gasteiger partial charge in [0.2, 0.25) is 40.6 Å². The molecule has 0 bridgehead atoms. The van der Waals surface area contributed by atoms with Crippen molar-refractivity contribution in [2.75, 3.05) is 13.2 Å². The second-order valence-corrected chi connectivity index (χ2v) is 4.92. The zero-order valence-corrected chi connectivity index (χ0v) is 12.5.